The Bertz CT molecular complexity index is 2400. The molecule has 0 fully saturated rings. The van der Waals surface area contributed by atoms with Crippen LogP contribution in [0.2, 0.25) is 0 Å². The van der Waals surface area contributed by atoms with E-state index in [-0.39, 0.29) is 41.6 Å². The smallest absolute Gasteiger partial charge is 0.416 e. The molecule has 0 radical (unpaired) electrons. The van der Waals surface area contributed by atoms with E-state index >= 15 is 0 Å². The van der Waals surface area contributed by atoms with Crippen LogP contribution in [0.1, 0.15) is 64.2 Å². The van der Waals surface area contributed by atoms with Crippen LogP contribution in [0, 0.1) is 0 Å². The first-order valence-corrected chi connectivity index (χ1v) is 19.5. The number of carboxylic acid groups (broad SMARTS) is 1. The number of hydrogen-bond acceptors (Lipinski definition) is 15. The number of nitrogens with zero attached hydrogens (tertiary/aromatic N) is 3. The summed E-state index contributed by atoms with van der Waals surface area (Å²) in [7, 11) is -1.49. The number of amides is 1. The van der Waals surface area contributed by atoms with Crippen molar-refractivity contribution in [3.8, 4) is 11.5 Å². The predicted octanol–water partition coefficient (Wildman–Crippen LogP) is 5.57. The molecule has 322 valence electrons. The van der Waals surface area contributed by atoms with Gasteiger partial charge in [0.05, 0.1) is 43.8 Å². The number of H-pyrrole nitrogens is 1. The minimum atomic E-state index is -4.87. The number of anilines is 2. The number of halogens is 3. The first-order chi connectivity index (χ1) is 29.1. The number of carbonyl (C=O) groups is 4. The molecule has 22 heteroatoms. The van der Waals surface area contributed by atoms with E-state index in [0.717, 1.165) is 11.6 Å². The number of ether oxygens (including phenoxy) is 2. The van der Waals surface area contributed by atoms with Crippen molar-refractivity contribution in [3.63, 3.8) is 0 Å². The maximum Gasteiger partial charge on any atom is 0.416 e. The first-order valence-electron chi connectivity index (χ1n) is 18.4. The number of nitrogen functional groups attached to an aromatic ring is 1. The predicted molar refractivity (Wildman–Crippen MR) is 213 cm³/mol. The third-order valence-electron chi connectivity index (χ3n) is 8.29. The van der Waals surface area contributed by atoms with Gasteiger partial charge in [-0.2, -0.15) is 18.2 Å². The molecule has 18 nitrogen and oxygen atoms in total. The normalized spacial score (nSPS) is 11.9. The van der Waals surface area contributed by atoms with Gasteiger partial charge < -0.3 is 44.5 Å². The van der Waals surface area contributed by atoms with E-state index in [2.05, 4.69) is 30.6 Å². The number of carbonyl (C=O) groups excluding carboxylic acids is 3. The van der Waals surface area contributed by atoms with Gasteiger partial charge in [-0.05, 0) is 86.8 Å². The lowest BCUT2D eigenvalue weighted by Gasteiger charge is -2.16. The lowest BCUT2D eigenvalue weighted by molar-refractivity contribution is -0.141. The number of hydrogen-bond donors (Lipinski definition) is 5. The summed E-state index contributed by atoms with van der Waals surface area (Å²) < 4.78 is 67.8. The number of esters is 2. The van der Waals surface area contributed by atoms with Gasteiger partial charge in [0.15, 0.2) is 11.2 Å². The molecule has 5 aromatic rings. The second kappa shape index (κ2) is 21.1. The van der Waals surface area contributed by atoms with Crippen molar-refractivity contribution >= 4 is 55.2 Å². The molecule has 0 aliphatic carbocycles. The highest BCUT2D eigenvalue weighted by molar-refractivity contribution is 7.41. The number of carboxylic acids is 1. The third kappa shape index (κ3) is 13.2. The standard InChI is InChI=1S/C39H39F3N7O11P/c1-3-56-61(57-4-2)58-18-17-22-5-12-27(13-6-22)59-37(55)28-14-9-24(39(40,41)42)19-30(28)60-31(50)16-15-29(36(53)54)47-34(51)23-7-10-25(11-8-23)44-20-26-21-45-33-32(46-26)35(52)49-38(43)48-33/h5-14,19,21,29,44H,3-4,15-18,20H2,1-2H3,(H,47,51)(H,53,54)(H3,43,45,48,49,52)/t29-/m0/s1. The van der Waals surface area contributed by atoms with E-state index in [0.29, 0.717) is 43.1 Å². The highest BCUT2D eigenvalue weighted by Crippen LogP contribution is 2.39. The van der Waals surface area contributed by atoms with E-state index in [1.54, 1.807) is 12.1 Å². The average molecular weight is 870 g/mol. The highest BCUT2D eigenvalue weighted by atomic mass is 31.2. The van der Waals surface area contributed by atoms with Gasteiger partial charge in [-0.3, -0.25) is 19.4 Å². The lowest BCUT2D eigenvalue weighted by atomic mass is 10.1. The van der Waals surface area contributed by atoms with Gasteiger partial charge in [0.2, 0.25) is 5.95 Å². The number of fused-ring (bicyclic) bond motifs is 1. The number of aromatic amines is 1. The van der Waals surface area contributed by atoms with E-state index in [4.69, 9.17) is 28.8 Å². The summed E-state index contributed by atoms with van der Waals surface area (Å²) in [5, 5.41) is 15.1. The fraction of sp³-hybridized carbons (Fsp3) is 0.282. The molecule has 2 aromatic heterocycles. The summed E-state index contributed by atoms with van der Waals surface area (Å²) >= 11 is 0. The van der Waals surface area contributed by atoms with Crippen LogP contribution in [0.4, 0.5) is 24.8 Å². The van der Waals surface area contributed by atoms with Gasteiger partial charge in [0.25, 0.3) is 11.5 Å². The zero-order valence-corrected chi connectivity index (χ0v) is 33.4. The van der Waals surface area contributed by atoms with Crippen molar-refractivity contribution in [1.82, 2.24) is 25.3 Å². The molecule has 5 rings (SSSR count). The number of nitrogens with two attached hydrogens (primary N) is 1. The molecule has 1 amide bonds. The summed E-state index contributed by atoms with van der Waals surface area (Å²) in [5.74, 6) is -5.46. The fourth-order valence-electron chi connectivity index (χ4n) is 5.32. The van der Waals surface area contributed by atoms with E-state index in [9.17, 15) is 42.3 Å². The van der Waals surface area contributed by atoms with Gasteiger partial charge in [0, 0.05) is 17.7 Å². The van der Waals surface area contributed by atoms with Crippen LogP contribution in [-0.4, -0.2) is 74.7 Å². The summed E-state index contributed by atoms with van der Waals surface area (Å²) in [6.45, 7) is 4.89. The Hall–Kier alpha value is -6.54. The minimum absolute atomic E-state index is 0.00469. The molecule has 0 bridgehead atoms. The number of benzene rings is 3. The number of aromatic nitrogens is 4. The second-order valence-electron chi connectivity index (χ2n) is 12.7. The molecule has 0 saturated heterocycles. The Morgan fingerprint density at radius 3 is 2.30 bits per heavy atom. The van der Waals surface area contributed by atoms with Crippen molar-refractivity contribution < 1.29 is 60.5 Å². The number of aliphatic carboxylic acids is 1. The van der Waals surface area contributed by atoms with E-state index in [1.165, 1.54) is 42.6 Å². The van der Waals surface area contributed by atoms with Crippen molar-refractivity contribution in [1.29, 1.82) is 0 Å². The third-order valence-corrected chi connectivity index (χ3v) is 9.62. The quantitative estimate of drug-likeness (QED) is 0.0364. The average Bonchev–Trinajstić information content (AvgIpc) is 3.22. The number of rotatable bonds is 20. The number of alkyl halides is 3. The molecule has 61 heavy (non-hydrogen) atoms. The molecule has 0 aliphatic heterocycles. The molecule has 0 unspecified atom stereocenters. The summed E-state index contributed by atoms with van der Waals surface area (Å²) in [5.41, 5.74) is 5.10. The topological polar surface area (TPSA) is 256 Å². The molecule has 2 heterocycles. The molecule has 3 aromatic carbocycles. The maximum atomic E-state index is 13.6. The highest BCUT2D eigenvalue weighted by Gasteiger charge is 2.33. The van der Waals surface area contributed by atoms with Gasteiger partial charge in [-0.1, -0.05) is 12.1 Å². The first kappa shape index (κ1) is 45.5. The Morgan fingerprint density at radius 2 is 1.64 bits per heavy atom. The molecule has 0 spiro atoms. The van der Waals surface area contributed by atoms with Gasteiger partial charge in [-0.25, -0.2) is 19.6 Å². The second-order valence-corrected chi connectivity index (χ2v) is 13.9. The van der Waals surface area contributed by atoms with Crippen molar-refractivity contribution in [2.45, 2.75) is 51.9 Å². The minimum Gasteiger partial charge on any atom is -0.480 e. The van der Waals surface area contributed by atoms with Crippen LogP contribution in [0.5, 0.6) is 11.5 Å². The van der Waals surface area contributed by atoms with Crippen LogP contribution in [0.3, 0.4) is 0 Å². The Balaban J connectivity index is 1.16. The van der Waals surface area contributed by atoms with Gasteiger partial charge in [-0.15, -0.1) is 0 Å². The summed E-state index contributed by atoms with van der Waals surface area (Å²) in [6.07, 6.45) is -4.20. The SMILES string of the molecule is CCOP(OCC)OCCc1ccc(OC(=O)c2ccc(C(F)(F)F)cc2OC(=O)CC[C@H](NC(=O)c2ccc(NCc3cnc4nc(N)[nH]c(=O)c4n3)cc2)C(=O)O)cc1. The van der Waals surface area contributed by atoms with Gasteiger partial charge in [0.1, 0.15) is 23.1 Å². The monoisotopic (exact) mass is 869 g/mol. The molecule has 0 aliphatic rings. The van der Waals surface area contributed by atoms with Crippen LogP contribution in [0.25, 0.3) is 11.2 Å². The zero-order chi connectivity index (χ0) is 44.1. The molecular formula is C39H39F3N7O11P. The summed E-state index contributed by atoms with van der Waals surface area (Å²) in [4.78, 5) is 77.7. The van der Waals surface area contributed by atoms with Crippen molar-refractivity contribution in [2.75, 3.05) is 30.9 Å². The van der Waals surface area contributed by atoms with E-state index in [1.807, 2.05) is 13.8 Å². The van der Waals surface area contributed by atoms with E-state index < -0.39 is 79.9 Å². The Morgan fingerprint density at radius 1 is 0.934 bits per heavy atom. The van der Waals surface area contributed by atoms with Gasteiger partial charge >= 0.3 is 32.7 Å². The molecular weight excluding hydrogens is 830 g/mol. The number of nitrogens with one attached hydrogen (secondary N) is 3. The Labute approximate surface area is 346 Å². The molecule has 1 atom stereocenters. The summed E-state index contributed by atoms with van der Waals surface area (Å²) in [6, 6.07) is 12.3. The lowest BCUT2D eigenvalue weighted by Crippen LogP contribution is -2.41. The zero-order valence-electron chi connectivity index (χ0n) is 32.5. The van der Waals surface area contributed by atoms with Crippen LogP contribution < -0.4 is 31.4 Å². The van der Waals surface area contributed by atoms with Crippen LogP contribution in [-0.2, 0) is 42.3 Å². The van der Waals surface area contributed by atoms with Crippen LogP contribution >= 0.6 is 8.60 Å². The van der Waals surface area contributed by atoms with Crippen LogP contribution in [0.15, 0.2) is 77.7 Å². The molecule has 6 N–H and O–H groups in total. The molecule has 0 saturated carbocycles. The fourth-order valence-corrected chi connectivity index (χ4v) is 6.21. The Kier molecular flexibility index (Phi) is 15.8. The largest absolute Gasteiger partial charge is 0.480 e. The van der Waals surface area contributed by atoms with Crippen molar-refractivity contribution in [3.05, 3.63) is 111 Å². The maximum absolute atomic E-state index is 13.6. The van der Waals surface area contributed by atoms with Crippen molar-refractivity contribution in [2.24, 2.45) is 0 Å².